The lowest BCUT2D eigenvalue weighted by molar-refractivity contribution is -0.137. The Kier molecular flexibility index (Phi) is 5.42. The molecule has 0 radical (unpaired) electrons. The molecular formula is C20H21F3N4O3. The first-order valence-electron chi connectivity index (χ1n) is 9.64. The number of hydrazine groups is 1. The van der Waals surface area contributed by atoms with E-state index in [0.29, 0.717) is 42.6 Å². The molecular weight excluding hydrogens is 401 g/mol. The maximum atomic E-state index is 12.8. The molecule has 2 amide bonds. The molecule has 10 heteroatoms. The summed E-state index contributed by atoms with van der Waals surface area (Å²) in [4.78, 5) is 26.4. The van der Waals surface area contributed by atoms with Crippen molar-refractivity contribution in [1.29, 1.82) is 0 Å². The molecule has 0 bridgehead atoms. The molecule has 0 atom stereocenters. The number of alkyl halides is 3. The molecule has 1 aromatic rings. The van der Waals surface area contributed by atoms with Gasteiger partial charge in [0.1, 0.15) is 6.54 Å². The summed E-state index contributed by atoms with van der Waals surface area (Å²) in [6.07, 6.45) is 0.321. The number of nitrogens with zero attached hydrogens (tertiary/aromatic N) is 2. The summed E-state index contributed by atoms with van der Waals surface area (Å²) in [6.45, 7) is 1.86. The number of amides is 2. The first kappa shape index (κ1) is 20.3. The average Bonchev–Trinajstić information content (AvgIpc) is 3.14. The molecule has 1 aromatic carbocycles. The lowest BCUT2D eigenvalue weighted by Gasteiger charge is -2.31. The van der Waals surface area contributed by atoms with Gasteiger partial charge in [-0.25, -0.2) is 0 Å². The van der Waals surface area contributed by atoms with Crippen LogP contribution in [0.15, 0.2) is 47.9 Å². The van der Waals surface area contributed by atoms with Crippen LogP contribution in [0.1, 0.15) is 18.4 Å². The quantitative estimate of drug-likeness (QED) is 0.778. The Labute approximate surface area is 171 Å². The molecule has 0 unspecified atom stereocenters. The highest BCUT2D eigenvalue weighted by Crippen LogP contribution is 2.32. The zero-order valence-electron chi connectivity index (χ0n) is 16.0. The van der Waals surface area contributed by atoms with E-state index in [2.05, 4.69) is 10.7 Å². The highest BCUT2D eigenvalue weighted by atomic mass is 19.4. The maximum absolute atomic E-state index is 12.8. The highest BCUT2D eigenvalue weighted by molar-refractivity contribution is 6.02. The number of hydrogen-bond donors (Lipinski definition) is 2. The summed E-state index contributed by atoms with van der Waals surface area (Å²) in [5, 5.41) is 4.45. The Morgan fingerprint density at radius 2 is 1.90 bits per heavy atom. The molecule has 3 aliphatic rings. The molecule has 30 heavy (non-hydrogen) atoms. The number of hydrogen-bond acceptors (Lipinski definition) is 5. The first-order chi connectivity index (χ1) is 14.3. The zero-order valence-corrected chi connectivity index (χ0v) is 16.0. The van der Waals surface area contributed by atoms with Crippen molar-refractivity contribution in [2.24, 2.45) is 5.92 Å². The molecule has 160 valence electrons. The number of halogens is 3. The molecule has 1 saturated heterocycles. The van der Waals surface area contributed by atoms with Gasteiger partial charge < -0.3 is 15.5 Å². The lowest BCUT2D eigenvalue weighted by Crippen LogP contribution is -2.45. The predicted molar refractivity (Wildman–Crippen MR) is 101 cm³/mol. The van der Waals surface area contributed by atoms with Crippen molar-refractivity contribution in [3.8, 4) is 0 Å². The van der Waals surface area contributed by atoms with Gasteiger partial charge in [0.15, 0.2) is 0 Å². The maximum Gasteiger partial charge on any atom is 0.416 e. The first-order valence-corrected chi connectivity index (χ1v) is 9.64. The van der Waals surface area contributed by atoms with Crippen LogP contribution in [0.4, 0.5) is 18.9 Å². The number of fused-ring (bicyclic) bond motifs is 1. The summed E-state index contributed by atoms with van der Waals surface area (Å²) < 4.78 is 43.7. The largest absolute Gasteiger partial charge is 0.416 e. The fraction of sp³-hybridized carbons (Fsp3) is 0.400. The molecule has 0 saturated carbocycles. The normalized spacial score (nSPS) is 19.8. The van der Waals surface area contributed by atoms with Gasteiger partial charge in [-0.2, -0.15) is 13.2 Å². The van der Waals surface area contributed by atoms with Crippen LogP contribution >= 0.6 is 0 Å². The van der Waals surface area contributed by atoms with Crippen molar-refractivity contribution < 1.29 is 27.5 Å². The van der Waals surface area contributed by atoms with Crippen molar-refractivity contribution in [1.82, 2.24) is 15.8 Å². The Morgan fingerprint density at radius 3 is 2.57 bits per heavy atom. The molecule has 1 fully saturated rings. The van der Waals surface area contributed by atoms with Gasteiger partial charge in [-0.05, 0) is 43.0 Å². The molecule has 3 heterocycles. The van der Waals surface area contributed by atoms with Crippen molar-refractivity contribution in [3.05, 3.63) is 53.5 Å². The Balaban J connectivity index is 1.49. The third-order valence-electron chi connectivity index (χ3n) is 5.35. The number of anilines is 1. The summed E-state index contributed by atoms with van der Waals surface area (Å²) >= 11 is 0. The van der Waals surface area contributed by atoms with Crippen LogP contribution in [0.25, 0.3) is 0 Å². The van der Waals surface area contributed by atoms with Crippen LogP contribution in [0, 0.1) is 5.92 Å². The number of nitrogens with one attached hydrogen (secondary N) is 2. The average molecular weight is 422 g/mol. The van der Waals surface area contributed by atoms with Crippen molar-refractivity contribution in [2.75, 3.05) is 31.2 Å². The molecule has 4 rings (SSSR count). The van der Waals surface area contributed by atoms with Crippen LogP contribution in [0.2, 0.25) is 0 Å². The number of carbonyl (C=O) groups excluding carboxylic acids is 2. The second kappa shape index (κ2) is 8.02. The second-order valence-corrected chi connectivity index (χ2v) is 7.36. The molecule has 2 N–H and O–H groups in total. The molecule has 3 aliphatic heterocycles. The number of carbonyl (C=O) groups is 2. The van der Waals surface area contributed by atoms with E-state index in [0.717, 1.165) is 25.0 Å². The van der Waals surface area contributed by atoms with Crippen LogP contribution in [0.5, 0.6) is 0 Å². The van der Waals surface area contributed by atoms with E-state index < -0.39 is 11.7 Å². The van der Waals surface area contributed by atoms with Gasteiger partial charge in [-0.15, -0.1) is 0 Å². The van der Waals surface area contributed by atoms with Gasteiger partial charge in [-0.3, -0.25) is 19.5 Å². The van der Waals surface area contributed by atoms with E-state index in [-0.39, 0.29) is 18.4 Å². The lowest BCUT2D eigenvalue weighted by atomic mass is 10.0. The monoisotopic (exact) mass is 422 g/mol. The minimum absolute atomic E-state index is 0.0555. The van der Waals surface area contributed by atoms with Gasteiger partial charge in [-0.1, -0.05) is 0 Å². The number of ether oxygens (including phenoxy) is 1. The van der Waals surface area contributed by atoms with Crippen LogP contribution in [0.3, 0.4) is 0 Å². The standard InChI is InChI=1S/C20H21F3N4O3/c21-20(22,23)14-1-3-15(4-2-14)26-11-17-16(10-25-27(17)12-18(26)28)19(29)24-9-13-5-7-30-8-6-13/h1-4,10-11,13,25H,5-9,12H2,(H,24,29). The van der Waals surface area contributed by atoms with Crippen molar-refractivity contribution in [3.63, 3.8) is 0 Å². The minimum Gasteiger partial charge on any atom is -0.381 e. The van der Waals surface area contributed by atoms with Gasteiger partial charge in [0.05, 0.1) is 16.8 Å². The second-order valence-electron chi connectivity index (χ2n) is 7.36. The van der Waals surface area contributed by atoms with Crippen LogP contribution in [-0.2, 0) is 20.5 Å². The highest BCUT2D eigenvalue weighted by Gasteiger charge is 2.34. The van der Waals surface area contributed by atoms with Gasteiger partial charge in [0.2, 0.25) is 0 Å². The fourth-order valence-corrected chi connectivity index (χ4v) is 3.60. The van der Waals surface area contributed by atoms with Gasteiger partial charge in [0.25, 0.3) is 11.8 Å². The summed E-state index contributed by atoms with van der Waals surface area (Å²) in [5.41, 5.74) is 3.25. The molecule has 0 spiro atoms. The molecule has 0 aromatic heterocycles. The smallest absolute Gasteiger partial charge is 0.381 e. The Hall–Kier alpha value is -3.01. The number of benzene rings is 1. The van der Waals surface area contributed by atoms with E-state index in [1.165, 1.54) is 34.4 Å². The van der Waals surface area contributed by atoms with E-state index in [9.17, 15) is 22.8 Å². The van der Waals surface area contributed by atoms with Crippen molar-refractivity contribution >= 4 is 17.5 Å². The molecule has 7 nitrogen and oxygen atoms in total. The van der Waals surface area contributed by atoms with Crippen LogP contribution in [-0.4, -0.2) is 43.1 Å². The third kappa shape index (κ3) is 4.13. The number of rotatable bonds is 4. The topological polar surface area (TPSA) is 73.9 Å². The Morgan fingerprint density at radius 1 is 1.20 bits per heavy atom. The van der Waals surface area contributed by atoms with E-state index in [4.69, 9.17) is 4.74 Å². The Bertz CT molecular complexity index is 890. The van der Waals surface area contributed by atoms with Gasteiger partial charge in [0, 0.05) is 37.8 Å². The summed E-state index contributed by atoms with van der Waals surface area (Å²) in [5.74, 6) is -0.243. The molecule has 0 aliphatic carbocycles. The SMILES string of the molecule is O=C(NCC1CCOCC1)C1=CNN2CC(=O)N(c3ccc(C(F)(F)F)cc3)C=C12. The summed E-state index contributed by atoms with van der Waals surface area (Å²) in [6, 6.07) is 4.34. The zero-order chi connectivity index (χ0) is 21.3. The summed E-state index contributed by atoms with van der Waals surface area (Å²) in [7, 11) is 0. The van der Waals surface area contributed by atoms with E-state index in [1.807, 2.05) is 0 Å². The van der Waals surface area contributed by atoms with Gasteiger partial charge >= 0.3 is 6.18 Å². The predicted octanol–water partition coefficient (Wildman–Crippen LogP) is 2.14. The minimum atomic E-state index is -4.45. The third-order valence-corrected chi connectivity index (χ3v) is 5.35. The fourth-order valence-electron chi connectivity index (χ4n) is 3.60. The van der Waals surface area contributed by atoms with Crippen molar-refractivity contribution in [2.45, 2.75) is 19.0 Å². The van der Waals surface area contributed by atoms with Crippen LogP contribution < -0.4 is 15.6 Å². The van der Waals surface area contributed by atoms with E-state index >= 15 is 0 Å². The van der Waals surface area contributed by atoms with E-state index in [1.54, 1.807) is 0 Å².